The number of alkyl halides is 3. The molecule has 1 aliphatic rings. The second-order valence-electron chi connectivity index (χ2n) is 6.94. The van der Waals surface area contributed by atoms with Gasteiger partial charge in [-0.1, -0.05) is 0 Å². The summed E-state index contributed by atoms with van der Waals surface area (Å²) in [6.45, 7) is -1.46. The van der Waals surface area contributed by atoms with E-state index in [1.807, 2.05) is 0 Å². The minimum atomic E-state index is -5.18. The van der Waals surface area contributed by atoms with Gasteiger partial charge in [0.15, 0.2) is 6.23 Å². The van der Waals surface area contributed by atoms with Crippen molar-refractivity contribution in [3.05, 3.63) is 68.0 Å². The molecule has 13 heteroatoms. The number of hydrogen-bond donors (Lipinski definition) is 3. The van der Waals surface area contributed by atoms with E-state index in [-0.39, 0.29) is 22.7 Å². The molecule has 0 bridgehead atoms. The molecule has 31 heavy (non-hydrogen) atoms. The first-order valence-electron chi connectivity index (χ1n) is 8.94. The third-order valence-corrected chi connectivity index (χ3v) is 4.84. The lowest BCUT2D eigenvalue weighted by Gasteiger charge is -2.21. The van der Waals surface area contributed by atoms with Crippen molar-refractivity contribution >= 4 is 0 Å². The first-order chi connectivity index (χ1) is 14.4. The van der Waals surface area contributed by atoms with Crippen LogP contribution in [0.15, 0.2) is 34.0 Å². The molecule has 1 fully saturated rings. The van der Waals surface area contributed by atoms with Gasteiger partial charge >= 0.3 is 11.9 Å². The molecule has 4 atom stereocenters. The molecule has 1 saturated heterocycles. The van der Waals surface area contributed by atoms with Crippen LogP contribution in [-0.4, -0.2) is 49.4 Å². The number of benzene rings is 1. The van der Waals surface area contributed by atoms with Gasteiger partial charge in [0.25, 0.3) is 5.56 Å². The summed E-state index contributed by atoms with van der Waals surface area (Å²) in [6.07, 6.45) is -12.2. The molecular weight excluding hydrogens is 435 g/mol. The van der Waals surface area contributed by atoms with Crippen LogP contribution in [0.2, 0.25) is 0 Å². The van der Waals surface area contributed by atoms with Gasteiger partial charge < -0.3 is 20.1 Å². The van der Waals surface area contributed by atoms with Crippen molar-refractivity contribution in [3.8, 4) is 0 Å². The van der Waals surface area contributed by atoms with Crippen LogP contribution >= 0.6 is 0 Å². The predicted molar refractivity (Wildman–Crippen MR) is 93.0 cm³/mol. The molecule has 170 valence electrons. The molecule has 0 unspecified atom stereocenters. The van der Waals surface area contributed by atoms with Crippen molar-refractivity contribution in [1.82, 2.24) is 9.13 Å². The minimum Gasteiger partial charge on any atom is -0.394 e. The van der Waals surface area contributed by atoms with Crippen LogP contribution in [0.25, 0.3) is 0 Å². The highest BCUT2D eigenvalue weighted by Crippen LogP contribution is 2.30. The van der Waals surface area contributed by atoms with E-state index in [9.17, 15) is 41.8 Å². The number of aliphatic hydroxyl groups excluding tert-OH is 3. The summed E-state index contributed by atoms with van der Waals surface area (Å²) in [6, 6.07) is 2.37. The van der Waals surface area contributed by atoms with Gasteiger partial charge in [-0.25, -0.2) is 13.6 Å². The van der Waals surface area contributed by atoms with E-state index in [1.165, 1.54) is 0 Å². The Bertz CT molecular complexity index is 1060. The van der Waals surface area contributed by atoms with Crippen molar-refractivity contribution in [2.75, 3.05) is 6.61 Å². The van der Waals surface area contributed by atoms with Crippen LogP contribution in [0.5, 0.6) is 0 Å². The Kier molecular flexibility index (Phi) is 6.32. The Hall–Kier alpha value is -2.61. The summed E-state index contributed by atoms with van der Waals surface area (Å²) >= 11 is 0. The Balaban J connectivity index is 2.07. The number of halogens is 5. The van der Waals surface area contributed by atoms with Crippen LogP contribution in [0, 0.1) is 11.6 Å². The van der Waals surface area contributed by atoms with Gasteiger partial charge in [-0.05, 0) is 24.1 Å². The summed E-state index contributed by atoms with van der Waals surface area (Å²) in [5.41, 5.74) is -4.78. The van der Waals surface area contributed by atoms with E-state index in [0.29, 0.717) is 10.6 Å². The zero-order valence-electron chi connectivity index (χ0n) is 15.6. The quantitative estimate of drug-likeness (QED) is 0.558. The van der Waals surface area contributed by atoms with Crippen molar-refractivity contribution in [2.45, 2.75) is 43.7 Å². The highest BCUT2D eigenvalue weighted by Gasteiger charge is 2.45. The van der Waals surface area contributed by atoms with Gasteiger partial charge in [0.2, 0.25) is 0 Å². The Morgan fingerprint density at radius 1 is 1.03 bits per heavy atom. The Morgan fingerprint density at radius 3 is 2.16 bits per heavy atom. The zero-order valence-corrected chi connectivity index (χ0v) is 15.6. The average Bonchev–Trinajstić information content (AvgIpc) is 2.94. The third kappa shape index (κ3) is 4.54. The number of aryl methyl sites for hydroxylation is 1. The van der Waals surface area contributed by atoms with Crippen LogP contribution in [0.1, 0.15) is 17.4 Å². The Morgan fingerprint density at radius 2 is 1.65 bits per heavy atom. The van der Waals surface area contributed by atoms with Crippen LogP contribution in [0.4, 0.5) is 22.0 Å². The minimum absolute atomic E-state index is 0.0133. The maximum Gasteiger partial charge on any atom is 0.423 e. The fourth-order valence-corrected chi connectivity index (χ4v) is 3.30. The highest BCUT2D eigenvalue weighted by molar-refractivity contribution is 5.18. The zero-order chi connectivity index (χ0) is 23.1. The Labute approximate surface area is 170 Å². The molecule has 1 aromatic carbocycles. The maximum atomic E-state index is 13.4. The number of aliphatic hydroxyl groups is 3. The molecule has 3 rings (SSSR count). The highest BCUT2D eigenvalue weighted by atomic mass is 19.4. The monoisotopic (exact) mass is 452 g/mol. The number of nitrogens with zero attached hydrogens (tertiary/aromatic N) is 2. The summed E-state index contributed by atoms with van der Waals surface area (Å²) in [5.74, 6) is -1.90. The molecule has 1 aliphatic heterocycles. The molecule has 0 aliphatic carbocycles. The SMILES string of the molecule is O=c1c(C(F)(F)F)cn([C@@H]2O[C@H](CO)[C@@H](O)[C@H]2O)c(=O)n1CCc1cc(F)cc(F)c1. The molecule has 0 amide bonds. The molecule has 2 aromatic rings. The number of hydrogen-bond acceptors (Lipinski definition) is 6. The normalized spacial score (nSPS) is 24.0. The van der Waals surface area contributed by atoms with Crippen molar-refractivity contribution in [3.63, 3.8) is 0 Å². The molecule has 0 radical (unpaired) electrons. The lowest BCUT2D eigenvalue weighted by atomic mass is 10.1. The van der Waals surface area contributed by atoms with E-state index in [0.717, 1.165) is 12.1 Å². The summed E-state index contributed by atoms with van der Waals surface area (Å²) in [4.78, 5) is 25.0. The van der Waals surface area contributed by atoms with Crippen molar-refractivity contribution < 1.29 is 42.0 Å². The van der Waals surface area contributed by atoms with E-state index < -0.39 is 72.3 Å². The average molecular weight is 452 g/mol. The van der Waals surface area contributed by atoms with Gasteiger partial charge in [-0.15, -0.1) is 0 Å². The second-order valence-corrected chi connectivity index (χ2v) is 6.94. The molecule has 0 spiro atoms. The van der Waals surface area contributed by atoms with Crippen LogP contribution in [0.3, 0.4) is 0 Å². The molecule has 0 saturated carbocycles. The van der Waals surface area contributed by atoms with E-state index in [1.54, 1.807) is 0 Å². The lowest BCUT2D eigenvalue weighted by Crippen LogP contribution is -2.46. The van der Waals surface area contributed by atoms with E-state index in [4.69, 9.17) is 9.84 Å². The van der Waals surface area contributed by atoms with Gasteiger partial charge in [0.05, 0.1) is 6.61 Å². The van der Waals surface area contributed by atoms with Gasteiger partial charge in [0, 0.05) is 18.8 Å². The fraction of sp³-hybridized carbons (Fsp3) is 0.444. The smallest absolute Gasteiger partial charge is 0.394 e. The largest absolute Gasteiger partial charge is 0.423 e. The lowest BCUT2D eigenvalue weighted by molar-refractivity contribution is -0.140. The predicted octanol–water partition coefficient (Wildman–Crippen LogP) is 0.161. The first kappa shape index (κ1) is 23.1. The van der Waals surface area contributed by atoms with E-state index >= 15 is 0 Å². The van der Waals surface area contributed by atoms with Gasteiger partial charge in [0.1, 0.15) is 35.5 Å². The van der Waals surface area contributed by atoms with E-state index in [2.05, 4.69) is 0 Å². The fourth-order valence-electron chi connectivity index (χ4n) is 3.30. The van der Waals surface area contributed by atoms with Gasteiger partial charge in [-0.3, -0.25) is 13.9 Å². The summed E-state index contributed by atoms with van der Waals surface area (Å²) in [5, 5.41) is 29.0. The molecule has 1 aromatic heterocycles. The molecule has 2 heterocycles. The maximum absolute atomic E-state index is 13.4. The number of aromatic nitrogens is 2. The van der Waals surface area contributed by atoms with Crippen LogP contribution < -0.4 is 11.2 Å². The molecule has 3 N–H and O–H groups in total. The molecular formula is C18H17F5N2O6. The third-order valence-electron chi connectivity index (χ3n) is 4.84. The number of ether oxygens (including phenoxy) is 1. The standard InChI is InChI=1S/C18H17F5N2O6/c19-9-3-8(4-10(20)5-9)1-2-24-15(29)11(18(21,22)23)6-25(17(24)30)16-14(28)13(27)12(7-26)31-16/h3-6,12-14,16,26-28H,1-2,7H2/t12-,13-,14-,16-/m1/s1. The summed E-state index contributed by atoms with van der Waals surface area (Å²) in [7, 11) is 0. The van der Waals surface area contributed by atoms with Gasteiger partial charge in [-0.2, -0.15) is 13.2 Å². The van der Waals surface area contributed by atoms with Crippen LogP contribution in [-0.2, 0) is 23.9 Å². The van der Waals surface area contributed by atoms with Crippen molar-refractivity contribution in [1.29, 1.82) is 0 Å². The number of rotatable bonds is 5. The molecule has 8 nitrogen and oxygen atoms in total. The second kappa shape index (κ2) is 8.49. The van der Waals surface area contributed by atoms with Crippen molar-refractivity contribution in [2.24, 2.45) is 0 Å². The first-order valence-corrected chi connectivity index (χ1v) is 8.94. The topological polar surface area (TPSA) is 114 Å². The summed E-state index contributed by atoms with van der Waals surface area (Å²) < 4.78 is 72.4.